The smallest absolute Gasteiger partial charge is 0.322 e. The van der Waals surface area contributed by atoms with Gasteiger partial charge in [0.15, 0.2) is 0 Å². The number of nitrogens with one attached hydrogen (secondary N) is 1. The summed E-state index contributed by atoms with van der Waals surface area (Å²) in [4.78, 5) is 13.3. The molecule has 0 saturated heterocycles. The third-order valence-electron chi connectivity index (χ3n) is 3.53. The maximum absolute atomic E-state index is 12.1. The summed E-state index contributed by atoms with van der Waals surface area (Å²) in [5.41, 5.74) is 1.59. The fourth-order valence-corrected chi connectivity index (χ4v) is 2.70. The van der Waals surface area contributed by atoms with Crippen molar-refractivity contribution < 1.29 is 13.9 Å². The number of aromatic nitrogens is 2. The van der Waals surface area contributed by atoms with Crippen LogP contribution in [-0.4, -0.2) is 29.5 Å². The van der Waals surface area contributed by atoms with Crippen molar-refractivity contribution in [2.24, 2.45) is 0 Å². The number of thioether (sulfide) groups is 1. The van der Waals surface area contributed by atoms with Gasteiger partial charge in [-0.25, -0.2) is 0 Å². The molecule has 1 amide bonds. The van der Waals surface area contributed by atoms with E-state index in [2.05, 4.69) is 15.5 Å². The van der Waals surface area contributed by atoms with Gasteiger partial charge in [-0.1, -0.05) is 29.4 Å². The average molecular weight is 355 g/mol. The van der Waals surface area contributed by atoms with E-state index < -0.39 is 0 Å². The molecule has 1 heterocycles. The maximum Gasteiger partial charge on any atom is 0.322 e. The number of anilines is 1. The molecule has 0 atom stereocenters. The van der Waals surface area contributed by atoms with Gasteiger partial charge < -0.3 is 9.15 Å². The van der Waals surface area contributed by atoms with Gasteiger partial charge in [0.05, 0.1) is 19.1 Å². The lowest BCUT2D eigenvalue weighted by Gasteiger charge is -2.04. The van der Waals surface area contributed by atoms with Crippen molar-refractivity contribution in [3.63, 3.8) is 0 Å². The molecule has 0 fully saturated rings. The summed E-state index contributed by atoms with van der Waals surface area (Å²) < 4.78 is 10.8. The summed E-state index contributed by atoms with van der Waals surface area (Å²) in [6.07, 6.45) is 2.25. The molecule has 7 heteroatoms. The lowest BCUT2D eigenvalue weighted by Crippen LogP contribution is -2.14. The molecule has 0 aliphatic carbocycles. The molecule has 2 aromatic carbocycles. The van der Waals surface area contributed by atoms with Crippen LogP contribution in [0.3, 0.4) is 0 Å². The summed E-state index contributed by atoms with van der Waals surface area (Å²) in [6, 6.07) is 15.2. The Morgan fingerprint density at radius 2 is 1.92 bits per heavy atom. The van der Waals surface area contributed by atoms with Crippen molar-refractivity contribution >= 4 is 23.7 Å². The van der Waals surface area contributed by atoms with Crippen LogP contribution in [0.4, 0.5) is 6.01 Å². The van der Waals surface area contributed by atoms with Gasteiger partial charge in [-0.15, -0.1) is 16.9 Å². The van der Waals surface area contributed by atoms with Crippen molar-refractivity contribution in [2.45, 2.75) is 11.3 Å². The van der Waals surface area contributed by atoms with Gasteiger partial charge in [-0.2, -0.15) is 0 Å². The number of rotatable bonds is 6. The highest BCUT2D eigenvalue weighted by atomic mass is 32.2. The molecule has 1 N–H and O–H groups in total. The summed E-state index contributed by atoms with van der Waals surface area (Å²) in [7, 11) is 1.57. The summed E-state index contributed by atoms with van der Waals surface area (Å²) in [5, 5.41) is 10.5. The predicted octanol–water partition coefficient (Wildman–Crippen LogP) is 3.65. The Labute approximate surface area is 149 Å². The highest BCUT2D eigenvalue weighted by molar-refractivity contribution is 7.98. The molecule has 0 bridgehead atoms. The monoisotopic (exact) mass is 355 g/mol. The number of methoxy groups -OCH3 is 1. The predicted molar refractivity (Wildman–Crippen MR) is 96.8 cm³/mol. The standard InChI is InChI=1S/C18H17N3O3S/c1-23-15-6-4-3-5-14(15)17-20-21-18(24-17)19-16(22)11-12-7-9-13(25-2)10-8-12/h3-10H,11H2,1-2H3,(H,19,21,22). The lowest BCUT2D eigenvalue weighted by molar-refractivity contribution is -0.115. The van der Waals surface area contributed by atoms with Crippen LogP contribution >= 0.6 is 11.8 Å². The second kappa shape index (κ2) is 7.85. The number of ether oxygens (including phenoxy) is 1. The second-order valence-electron chi connectivity index (χ2n) is 5.19. The zero-order chi connectivity index (χ0) is 17.6. The molecule has 0 aliphatic heterocycles. The number of amides is 1. The van der Waals surface area contributed by atoms with Crippen molar-refractivity contribution in [1.82, 2.24) is 10.2 Å². The number of para-hydroxylation sites is 1. The quantitative estimate of drug-likeness (QED) is 0.680. The number of hydrogen-bond acceptors (Lipinski definition) is 6. The molecule has 1 aromatic heterocycles. The minimum absolute atomic E-state index is 0.0617. The number of carbonyl (C=O) groups is 1. The molecule has 0 aliphatic rings. The SMILES string of the molecule is COc1ccccc1-c1nnc(NC(=O)Cc2ccc(SC)cc2)o1. The van der Waals surface area contributed by atoms with Gasteiger partial charge in [-0.05, 0) is 36.1 Å². The summed E-state index contributed by atoms with van der Waals surface area (Å²) in [6.45, 7) is 0. The van der Waals surface area contributed by atoms with E-state index in [9.17, 15) is 4.79 Å². The van der Waals surface area contributed by atoms with Crippen LogP contribution in [0.1, 0.15) is 5.56 Å². The molecular formula is C18H17N3O3S. The van der Waals surface area contributed by atoms with Crippen molar-refractivity contribution in [3.8, 4) is 17.2 Å². The molecule has 128 valence electrons. The molecule has 25 heavy (non-hydrogen) atoms. The zero-order valence-corrected chi connectivity index (χ0v) is 14.7. The van der Waals surface area contributed by atoms with Gasteiger partial charge in [0.1, 0.15) is 5.75 Å². The molecule has 0 radical (unpaired) electrons. The Kier molecular flexibility index (Phi) is 5.35. The van der Waals surface area contributed by atoms with Crippen molar-refractivity contribution in [3.05, 3.63) is 54.1 Å². The number of hydrogen-bond donors (Lipinski definition) is 1. The topological polar surface area (TPSA) is 77.3 Å². The highest BCUT2D eigenvalue weighted by Gasteiger charge is 2.14. The van der Waals surface area contributed by atoms with E-state index in [4.69, 9.17) is 9.15 Å². The first-order valence-electron chi connectivity index (χ1n) is 7.59. The fraction of sp³-hybridized carbons (Fsp3) is 0.167. The summed E-state index contributed by atoms with van der Waals surface area (Å²) in [5.74, 6) is 0.696. The van der Waals surface area contributed by atoms with E-state index in [0.717, 1.165) is 10.5 Å². The van der Waals surface area contributed by atoms with Crippen molar-refractivity contribution in [1.29, 1.82) is 0 Å². The molecule has 0 spiro atoms. The highest BCUT2D eigenvalue weighted by Crippen LogP contribution is 2.29. The van der Waals surface area contributed by atoms with Crippen LogP contribution in [-0.2, 0) is 11.2 Å². The van der Waals surface area contributed by atoms with Gasteiger partial charge in [0, 0.05) is 4.90 Å². The Morgan fingerprint density at radius 3 is 2.64 bits per heavy atom. The molecule has 3 aromatic rings. The van der Waals surface area contributed by atoms with Gasteiger partial charge in [-0.3, -0.25) is 10.1 Å². The van der Waals surface area contributed by atoms with Gasteiger partial charge in [0.25, 0.3) is 5.89 Å². The summed E-state index contributed by atoms with van der Waals surface area (Å²) >= 11 is 1.66. The van der Waals surface area contributed by atoms with E-state index in [0.29, 0.717) is 11.3 Å². The normalized spacial score (nSPS) is 10.5. The Morgan fingerprint density at radius 1 is 1.16 bits per heavy atom. The zero-order valence-electron chi connectivity index (χ0n) is 13.9. The first-order chi connectivity index (χ1) is 12.2. The molecule has 0 unspecified atom stereocenters. The Balaban J connectivity index is 1.67. The number of nitrogens with zero attached hydrogens (tertiary/aromatic N) is 2. The van der Waals surface area contributed by atoms with Crippen LogP contribution in [0, 0.1) is 0 Å². The van der Waals surface area contributed by atoms with E-state index in [1.165, 1.54) is 0 Å². The van der Waals surface area contributed by atoms with E-state index >= 15 is 0 Å². The first kappa shape index (κ1) is 17.0. The Hall–Kier alpha value is -2.80. The number of carbonyl (C=O) groups excluding carboxylic acids is 1. The van der Waals surface area contributed by atoms with Crippen LogP contribution in [0.2, 0.25) is 0 Å². The first-order valence-corrected chi connectivity index (χ1v) is 8.81. The van der Waals surface area contributed by atoms with Crippen LogP contribution < -0.4 is 10.1 Å². The Bertz CT molecular complexity index is 862. The van der Waals surface area contributed by atoms with E-state index in [1.54, 1.807) is 24.9 Å². The van der Waals surface area contributed by atoms with Gasteiger partial charge >= 0.3 is 6.01 Å². The fourth-order valence-electron chi connectivity index (χ4n) is 2.30. The molecule has 6 nitrogen and oxygen atoms in total. The third kappa shape index (κ3) is 4.19. The van der Waals surface area contributed by atoms with Crippen LogP contribution in [0.25, 0.3) is 11.5 Å². The minimum Gasteiger partial charge on any atom is -0.496 e. The minimum atomic E-state index is -0.216. The maximum atomic E-state index is 12.1. The number of benzene rings is 2. The van der Waals surface area contributed by atoms with Gasteiger partial charge in [0.2, 0.25) is 5.91 Å². The van der Waals surface area contributed by atoms with Crippen LogP contribution in [0.5, 0.6) is 5.75 Å². The molecule has 3 rings (SSSR count). The lowest BCUT2D eigenvalue weighted by atomic mass is 10.1. The largest absolute Gasteiger partial charge is 0.496 e. The average Bonchev–Trinajstić information content (AvgIpc) is 3.10. The third-order valence-corrected chi connectivity index (χ3v) is 4.28. The molecular weight excluding hydrogens is 338 g/mol. The van der Waals surface area contributed by atoms with Crippen molar-refractivity contribution in [2.75, 3.05) is 18.7 Å². The second-order valence-corrected chi connectivity index (χ2v) is 6.07. The van der Waals surface area contributed by atoms with E-state index in [1.807, 2.05) is 48.7 Å². The van der Waals surface area contributed by atoms with Crippen LogP contribution in [0.15, 0.2) is 57.8 Å². The molecule has 0 saturated carbocycles. The van der Waals surface area contributed by atoms with E-state index in [-0.39, 0.29) is 24.2 Å².